The molecule has 1 saturated heterocycles. The number of hydrogen-bond acceptors (Lipinski definition) is 4. The summed E-state index contributed by atoms with van der Waals surface area (Å²) in [7, 11) is 3.56. The summed E-state index contributed by atoms with van der Waals surface area (Å²) >= 11 is 0. The summed E-state index contributed by atoms with van der Waals surface area (Å²) in [4.78, 5) is 14.5. The Labute approximate surface area is 139 Å². The number of nitrogens with zero attached hydrogens (tertiary/aromatic N) is 1. The van der Waals surface area contributed by atoms with Gasteiger partial charge in [0, 0.05) is 32.4 Å². The molecule has 23 heavy (non-hydrogen) atoms. The van der Waals surface area contributed by atoms with Crippen molar-refractivity contribution in [2.24, 2.45) is 5.92 Å². The molecule has 0 aliphatic carbocycles. The average Bonchev–Trinajstić information content (AvgIpc) is 3.06. The number of likely N-dealkylation sites (N-methyl/N-ethyl adjacent to an activating group) is 1. The summed E-state index contributed by atoms with van der Waals surface area (Å²) < 4.78 is 5.62. The minimum absolute atomic E-state index is 0.0696. The van der Waals surface area contributed by atoms with Crippen molar-refractivity contribution >= 4 is 11.6 Å². The molecule has 0 saturated carbocycles. The van der Waals surface area contributed by atoms with Crippen LogP contribution in [0.3, 0.4) is 0 Å². The summed E-state index contributed by atoms with van der Waals surface area (Å²) in [6, 6.07) is 8.10. The maximum absolute atomic E-state index is 12.7. The van der Waals surface area contributed by atoms with Crippen LogP contribution in [0.1, 0.15) is 25.3 Å². The van der Waals surface area contributed by atoms with E-state index >= 15 is 0 Å². The number of carbonyl (C=O) groups excluding carboxylic acids is 1. The second kappa shape index (κ2) is 8.31. The number of hydrogen-bond donors (Lipinski definition) is 2. The molecule has 3 N–H and O–H groups in total. The quantitative estimate of drug-likeness (QED) is 0.750. The van der Waals surface area contributed by atoms with Gasteiger partial charge in [-0.05, 0) is 43.5 Å². The van der Waals surface area contributed by atoms with E-state index in [0.717, 1.165) is 37.1 Å². The maximum atomic E-state index is 12.7. The molecule has 0 radical (unpaired) electrons. The van der Waals surface area contributed by atoms with E-state index < -0.39 is 0 Å². The molecule has 5 heteroatoms. The maximum Gasteiger partial charge on any atom is 0.227 e. The van der Waals surface area contributed by atoms with Crippen molar-refractivity contribution < 1.29 is 9.53 Å². The molecule has 1 aromatic rings. The molecular weight excluding hydrogens is 290 g/mol. The number of nitrogen functional groups attached to an aromatic ring is 1. The van der Waals surface area contributed by atoms with Gasteiger partial charge in [-0.15, -0.1) is 0 Å². The van der Waals surface area contributed by atoms with Crippen LogP contribution in [0.4, 0.5) is 5.69 Å². The smallest absolute Gasteiger partial charge is 0.227 e. The summed E-state index contributed by atoms with van der Waals surface area (Å²) in [5.41, 5.74) is 7.71. The Morgan fingerprint density at radius 2 is 2.30 bits per heavy atom. The third kappa shape index (κ3) is 4.69. The number of benzene rings is 1. The van der Waals surface area contributed by atoms with Gasteiger partial charge < -0.3 is 20.7 Å². The minimum Gasteiger partial charge on any atom is -0.399 e. The molecule has 1 heterocycles. The van der Waals surface area contributed by atoms with Crippen LogP contribution >= 0.6 is 0 Å². The highest BCUT2D eigenvalue weighted by atomic mass is 16.5. The van der Waals surface area contributed by atoms with E-state index in [9.17, 15) is 4.79 Å². The number of carbonyl (C=O) groups is 1. The summed E-state index contributed by atoms with van der Waals surface area (Å²) in [6.07, 6.45) is 2.96. The van der Waals surface area contributed by atoms with Crippen LogP contribution in [0, 0.1) is 5.92 Å². The Hall–Kier alpha value is -1.59. The van der Waals surface area contributed by atoms with Gasteiger partial charge >= 0.3 is 0 Å². The first-order valence-electron chi connectivity index (χ1n) is 8.38. The fourth-order valence-electron chi connectivity index (χ4n) is 3.35. The predicted molar refractivity (Wildman–Crippen MR) is 93.2 cm³/mol. The second-order valence-corrected chi connectivity index (χ2v) is 6.45. The zero-order chi connectivity index (χ0) is 16.8. The molecule has 0 bridgehead atoms. The SMILES string of the molecule is COC(C1CCCN1)C(C)C(=O)N(C)CCc1cccc(N)c1. The lowest BCUT2D eigenvalue weighted by Crippen LogP contribution is -2.47. The molecule has 1 amide bonds. The van der Waals surface area contributed by atoms with Crippen molar-refractivity contribution in [3.05, 3.63) is 29.8 Å². The lowest BCUT2D eigenvalue weighted by atomic mass is 9.95. The Bertz CT molecular complexity index is 515. The molecule has 128 valence electrons. The van der Waals surface area contributed by atoms with Gasteiger partial charge in [0.2, 0.25) is 5.91 Å². The molecule has 2 rings (SSSR count). The molecular formula is C18H29N3O2. The Balaban J connectivity index is 1.89. The van der Waals surface area contributed by atoms with Gasteiger partial charge in [0.1, 0.15) is 0 Å². The van der Waals surface area contributed by atoms with Crippen molar-refractivity contribution in [2.75, 3.05) is 33.0 Å². The van der Waals surface area contributed by atoms with Crippen LogP contribution in [0.2, 0.25) is 0 Å². The monoisotopic (exact) mass is 319 g/mol. The molecule has 0 spiro atoms. The van der Waals surface area contributed by atoms with Gasteiger partial charge in [0.05, 0.1) is 12.0 Å². The van der Waals surface area contributed by atoms with Crippen molar-refractivity contribution in [1.82, 2.24) is 10.2 Å². The van der Waals surface area contributed by atoms with Crippen LogP contribution < -0.4 is 11.1 Å². The van der Waals surface area contributed by atoms with Gasteiger partial charge in [-0.2, -0.15) is 0 Å². The van der Waals surface area contributed by atoms with E-state index in [1.807, 2.05) is 38.2 Å². The van der Waals surface area contributed by atoms with Crippen molar-refractivity contribution in [3.8, 4) is 0 Å². The fourth-order valence-corrected chi connectivity index (χ4v) is 3.35. The van der Waals surface area contributed by atoms with Gasteiger partial charge in [-0.1, -0.05) is 19.1 Å². The van der Waals surface area contributed by atoms with Gasteiger partial charge in [-0.25, -0.2) is 0 Å². The zero-order valence-electron chi connectivity index (χ0n) is 14.4. The van der Waals surface area contributed by atoms with E-state index in [0.29, 0.717) is 6.54 Å². The van der Waals surface area contributed by atoms with E-state index in [1.165, 1.54) is 0 Å². The summed E-state index contributed by atoms with van der Waals surface area (Å²) in [6.45, 7) is 3.66. The summed E-state index contributed by atoms with van der Waals surface area (Å²) in [5.74, 6) is -0.0177. The Kier molecular flexibility index (Phi) is 6.42. The summed E-state index contributed by atoms with van der Waals surface area (Å²) in [5, 5.41) is 3.44. The molecule has 0 aromatic heterocycles. The fraction of sp³-hybridized carbons (Fsp3) is 0.611. The third-order valence-electron chi connectivity index (χ3n) is 4.71. The van der Waals surface area contributed by atoms with Crippen LogP contribution in [-0.2, 0) is 16.0 Å². The number of anilines is 1. The minimum atomic E-state index is -0.151. The topological polar surface area (TPSA) is 67.6 Å². The van der Waals surface area contributed by atoms with Gasteiger partial charge in [-0.3, -0.25) is 4.79 Å². The van der Waals surface area contributed by atoms with Crippen molar-refractivity contribution in [3.63, 3.8) is 0 Å². The highest BCUT2D eigenvalue weighted by Crippen LogP contribution is 2.20. The number of methoxy groups -OCH3 is 1. The lowest BCUT2D eigenvalue weighted by Gasteiger charge is -2.30. The molecule has 1 aliphatic heterocycles. The first-order chi connectivity index (χ1) is 11.0. The van der Waals surface area contributed by atoms with Gasteiger partial charge in [0.25, 0.3) is 0 Å². The molecule has 3 atom stereocenters. The van der Waals surface area contributed by atoms with Crippen LogP contribution in [0.15, 0.2) is 24.3 Å². The van der Waals surface area contributed by atoms with E-state index in [2.05, 4.69) is 5.32 Å². The predicted octanol–water partition coefficient (Wildman–Crippen LogP) is 1.67. The van der Waals surface area contributed by atoms with E-state index in [4.69, 9.17) is 10.5 Å². The standard InChI is InChI=1S/C18H29N3O2/c1-13(17(23-3)16-8-5-10-20-16)18(22)21(2)11-9-14-6-4-7-15(19)12-14/h4,6-7,12-13,16-17,20H,5,8-11,19H2,1-3H3. The van der Waals surface area contributed by atoms with E-state index in [-0.39, 0.29) is 24.0 Å². The number of nitrogens with two attached hydrogens (primary N) is 1. The van der Waals surface area contributed by atoms with Crippen molar-refractivity contribution in [1.29, 1.82) is 0 Å². The molecule has 5 nitrogen and oxygen atoms in total. The first kappa shape index (κ1) is 17.8. The highest BCUT2D eigenvalue weighted by Gasteiger charge is 2.34. The lowest BCUT2D eigenvalue weighted by molar-refractivity contribution is -0.138. The number of nitrogens with one attached hydrogen (secondary N) is 1. The average molecular weight is 319 g/mol. The second-order valence-electron chi connectivity index (χ2n) is 6.45. The molecule has 1 aliphatic rings. The Morgan fingerprint density at radius 1 is 1.52 bits per heavy atom. The highest BCUT2D eigenvalue weighted by molar-refractivity contribution is 5.79. The van der Waals surface area contributed by atoms with E-state index in [1.54, 1.807) is 12.0 Å². The first-order valence-corrected chi connectivity index (χ1v) is 8.38. The number of ether oxygens (including phenoxy) is 1. The van der Waals surface area contributed by atoms with Gasteiger partial charge in [0.15, 0.2) is 0 Å². The number of rotatable bonds is 7. The molecule has 3 unspecified atom stereocenters. The third-order valence-corrected chi connectivity index (χ3v) is 4.71. The Morgan fingerprint density at radius 3 is 2.91 bits per heavy atom. The van der Waals surface area contributed by atoms with Crippen LogP contribution in [0.5, 0.6) is 0 Å². The number of amides is 1. The zero-order valence-corrected chi connectivity index (χ0v) is 14.4. The largest absolute Gasteiger partial charge is 0.399 e. The van der Waals surface area contributed by atoms with Crippen LogP contribution in [0.25, 0.3) is 0 Å². The van der Waals surface area contributed by atoms with Crippen molar-refractivity contribution in [2.45, 2.75) is 38.3 Å². The van der Waals surface area contributed by atoms with Crippen LogP contribution in [-0.4, -0.2) is 50.2 Å². The molecule has 1 aromatic carbocycles. The normalized spacial score (nSPS) is 20.2. The molecule has 1 fully saturated rings.